The lowest BCUT2D eigenvalue weighted by Crippen LogP contribution is -2.32. The quantitative estimate of drug-likeness (QED) is 0.284. The van der Waals surface area contributed by atoms with Gasteiger partial charge >= 0.3 is 0 Å². The molecule has 0 aliphatic carbocycles. The largest absolute Gasteiger partial charge is 0.507 e. The topological polar surface area (TPSA) is 118 Å². The summed E-state index contributed by atoms with van der Waals surface area (Å²) in [5.74, 6) is 0.434. The summed E-state index contributed by atoms with van der Waals surface area (Å²) >= 11 is 0. The molecule has 1 heterocycles. The molecule has 0 radical (unpaired) electrons. The van der Waals surface area contributed by atoms with E-state index in [4.69, 9.17) is 14.2 Å². The van der Waals surface area contributed by atoms with Crippen LogP contribution in [-0.2, 0) is 4.79 Å². The van der Waals surface area contributed by atoms with Crippen LogP contribution in [0.2, 0.25) is 0 Å². The summed E-state index contributed by atoms with van der Waals surface area (Å²) in [6.45, 7) is 0.119. The van der Waals surface area contributed by atoms with Gasteiger partial charge in [0, 0.05) is 17.2 Å². The van der Waals surface area contributed by atoms with E-state index < -0.39 is 11.8 Å². The van der Waals surface area contributed by atoms with Gasteiger partial charge in [0.2, 0.25) is 6.79 Å². The molecule has 0 saturated heterocycles. The smallest absolute Gasteiger partial charge is 0.287 e. The molecular weight excluding hydrogens is 438 g/mol. The Morgan fingerprint density at radius 1 is 1.03 bits per heavy atom. The van der Waals surface area contributed by atoms with Crippen molar-refractivity contribution in [3.05, 3.63) is 89.1 Å². The summed E-state index contributed by atoms with van der Waals surface area (Å²) in [5.41, 5.74) is 3.70. The number of benzene rings is 3. The third-order valence-corrected chi connectivity index (χ3v) is 4.84. The van der Waals surface area contributed by atoms with E-state index in [0.29, 0.717) is 33.9 Å². The molecule has 2 amide bonds. The fourth-order valence-electron chi connectivity index (χ4n) is 3.09. The van der Waals surface area contributed by atoms with Gasteiger partial charge in [0.25, 0.3) is 11.8 Å². The molecule has 0 aromatic heterocycles. The zero-order valence-electron chi connectivity index (χ0n) is 18.1. The summed E-state index contributed by atoms with van der Waals surface area (Å²) in [7, 11) is 1.49. The van der Waals surface area contributed by atoms with Crippen LogP contribution in [-0.4, -0.2) is 37.0 Å². The standard InChI is InChI=1S/C25H21N3O6/c1-32-19-9-8-18(21(29)13-19)14-26-28-25(31)20(27-24(30)17-5-3-2-4-6-17)11-16-7-10-22-23(12-16)34-15-33-22/h2-14,29H,15H2,1H3,(H,27,30)(H,28,31)/b20-11?,26-14+. The molecule has 1 aliphatic heterocycles. The molecule has 3 aromatic rings. The number of phenolic OH excluding ortho intramolecular Hbond substituents is 1. The maximum absolute atomic E-state index is 12.9. The lowest BCUT2D eigenvalue weighted by atomic mass is 10.1. The first-order valence-corrected chi connectivity index (χ1v) is 10.2. The number of carbonyl (C=O) groups excluding carboxylic acids is 2. The predicted molar refractivity (Wildman–Crippen MR) is 125 cm³/mol. The van der Waals surface area contributed by atoms with Crippen LogP contribution < -0.4 is 25.0 Å². The lowest BCUT2D eigenvalue weighted by molar-refractivity contribution is -0.117. The van der Waals surface area contributed by atoms with E-state index in [0.717, 1.165) is 0 Å². The fourth-order valence-corrected chi connectivity index (χ4v) is 3.09. The number of amides is 2. The number of fused-ring (bicyclic) bond motifs is 1. The number of aromatic hydroxyl groups is 1. The van der Waals surface area contributed by atoms with E-state index in [-0.39, 0.29) is 18.2 Å². The monoisotopic (exact) mass is 459 g/mol. The second-order valence-corrected chi connectivity index (χ2v) is 7.11. The summed E-state index contributed by atoms with van der Waals surface area (Å²) in [6.07, 6.45) is 2.78. The van der Waals surface area contributed by atoms with E-state index in [9.17, 15) is 14.7 Å². The zero-order chi connectivity index (χ0) is 23.9. The van der Waals surface area contributed by atoms with E-state index >= 15 is 0 Å². The number of phenols is 1. The van der Waals surface area contributed by atoms with E-state index in [2.05, 4.69) is 15.8 Å². The van der Waals surface area contributed by atoms with Gasteiger partial charge in [-0.1, -0.05) is 24.3 Å². The molecule has 0 unspecified atom stereocenters. The predicted octanol–water partition coefficient (Wildman–Crippen LogP) is 3.05. The Morgan fingerprint density at radius 2 is 1.82 bits per heavy atom. The molecule has 4 rings (SSSR count). The number of nitrogens with zero attached hydrogens (tertiary/aromatic N) is 1. The van der Waals surface area contributed by atoms with Gasteiger partial charge in [-0.25, -0.2) is 5.43 Å². The molecule has 9 heteroatoms. The number of hydrogen-bond acceptors (Lipinski definition) is 7. The normalized spacial score (nSPS) is 12.4. The van der Waals surface area contributed by atoms with Crippen LogP contribution in [0.15, 0.2) is 77.5 Å². The number of nitrogens with one attached hydrogen (secondary N) is 2. The molecule has 0 atom stereocenters. The lowest BCUT2D eigenvalue weighted by Gasteiger charge is -2.09. The van der Waals surface area contributed by atoms with E-state index in [1.54, 1.807) is 60.7 Å². The van der Waals surface area contributed by atoms with E-state index in [1.807, 2.05) is 0 Å². The summed E-state index contributed by atoms with van der Waals surface area (Å²) in [4.78, 5) is 25.6. The average molecular weight is 459 g/mol. The Balaban J connectivity index is 1.55. The first-order chi connectivity index (χ1) is 16.5. The van der Waals surface area contributed by atoms with Crippen molar-refractivity contribution in [2.24, 2.45) is 5.10 Å². The third kappa shape index (κ3) is 5.33. The van der Waals surface area contributed by atoms with Crippen LogP contribution in [0, 0.1) is 0 Å². The minimum atomic E-state index is -0.661. The number of methoxy groups -OCH3 is 1. The van der Waals surface area contributed by atoms with Crippen molar-refractivity contribution < 1.29 is 28.9 Å². The first-order valence-electron chi connectivity index (χ1n) is 10.2. The number of rotatable bonds is 7. The molecule has 0 bridgehead atoms. The van der Waals surface area contributed by atoms with Crippen molar-refractivity contribution in [1.29, 1.82) is 0 Å². The minimum absolute atomic E-state index is 0.0381. The maximum atomic E-state index is 12.9. The molecule has 0 spiro atoms. The molecule has 3 aromatic carbocycles. The van der Waals surface area contributed by atoms with Gasteiger partial charge in [-0.15, -0.1) is 0 Å². The van der Waals surface area contributed by atoms with Crippen LogP contribution in [0.1, 0.15) is 21.5 Å². The van der Waals surface area contributed by atoms with Crippen LogP contribution in [0.5, 0.6) is 23.0 Å². The summed E-state index contributed by atoms with van der Waals surface area (Å²) in [5, 5.41) is 16.6. The van der Waals surface area contributed by atoms with Crippen molar-refractivity contribution in [2.75, 3.05) is 13.9 Å². The zero-order valence-corrected chi connectivity index (χ0v) is 18.1. The summed E-state index contributed by atoms with van der Waals surface area (Å²) in [6, 6.07) is 18.3. The van der Waals surface area contributed by atoms with Crippen LogP contribution in [0.25, 0.3) is 6.08 Å². The highest BCUT2D eigenvalue weighted by molar-refractivity contribution is 6.05. The fraction of sp³-hybridized carbons (Fsp3) is 0.0800. The highest BCUT2D eigenvalue weighted by Crippen LogP contribution is 2.33. The van der Waals surface area contributed by atoms with Gasteiger partial charge < -0.3 is 24.6 Å². The molecule has 172 valence electrons. The molecule has 34 heavy (non-hydrogen) atoms. The third-order valence-electron chi connectivity index (χ3n) is 4.84. The Labute approximate surface area is 195 Å². The Hall–Kier alpha value is -4.79. The van der Waals surface area contributed by atoms with Crippen molar-refractivity contribution in [3.8, 4) is 23.0 Å². The molecular formula is C25H21N3O6. The van der Waals surface area contributed by atoms with Gasteiger partial charge in [0.1, 0.15) is 17.2 Å². The van der Waals surface area contributed by atoms with Crippen molar-refractivity contribution in [3.63, 3.8) is 0 Å². The number of hydrazone groups is 1. The second-order valence-electron chi connectivity index (χ2n) is 7.11. The molecule has 0 saturated carbocycles. The highest BCUT2D eigenvalue weighted by atomic mass is 16.7. The Bertz CT molecular complexity index is 1270. The van der Waals surface area contributed by atoms with Gasteiger partial charge in [-0.05, 0) is 48.0 Å². The molecule has 3 N–H and O–H groups in total. The second kappa shape index (κ2) is 10.2. The Morgan fingerprint density at radius 3 is 2.59 bits per heavy atom. The van der Waals surface area contributed by atoms with E-state index in [1.165, 1.54) is 25.5 Å². The van der Waals surface area contributed by atoms with Crippen LogP contribution in [0.4, 0.5) is 0 Å². The summed E-state index contributed by atoms with van der Waals surface area (Å²) < 4.78 is 15.7. The Kier molecular flexibility index (Phi) is 6.73. The van der Waals surface area contributed by atoms with Crippen LogP contribution >= 0.6 is 0 Å². The van der Waals surface area contributed by atoms with Crippen molar-refractivity contribution in [2.45, 2.75) is 0 Å². The van der Waals surface area contributed by atoms with Gasteiger partial charge in [0.15, 0.2) is 11.5 Å². The SMILES string of the molecule is COc1ccc(/C=N/NC(=O)C(=Cc2ccc3c(c2)OCO3)NC(=O)c2ccccc2)c(O)c1. The highest BCUT2D eigenvalue weighted by Gasteiger charge is 2.17. The van der Waals surface area contributed by atoms with Crippen LogP contribution in [0.3, 0.4) is 0 Å². The average Bonchev–Trinajstić information content (AvgIpc) is 3.33. The van der Waals surface area contributed by atoms with Gasteiger partial charge in [-0.3, -0.25) is 9.59 Å². The van der Waals surface area contributed by atoms with Gasteiger partial charge in [0.05, 0.1) is 13.3 Å². The van der Waals surface area contributed by atoms with Gasteiger partial charge in [-0.2, -0.15) is 5.10 Å². The van der Waals surface area contributed by atoms with Crippen molar-refractivity contribution >= 4 is 24.1 Å². The molecule has 9 nitrogen and oxygen atoms in total. The molecule has 0 fully saturated rings. The maximum Gasteiger partial charge on any atom is 0.287 e. The number of ether oxygens (including phenoxy) is 3. The molecule has 1 aliphatic rings. The first kappa shape index (κ1) is 22.4. The number of hydrogen-bond donors (Lipinski definition) is 3. The van der Waals surface area contributed by atoms with Crippen molar-refractivity contribution in [1.82, 2.24) is 10.7 Å². The minimum Gasteiger partial charge on any atom is -0.507 e. The number of carbonyl (C=O) groups is 2.